The molecule has 2 heterocycles. The Labute approximate surface area is 113 Å². The highest BCUT2D eigenvalue weighted by Gasteiger charge is 2.07. The van der Waals surface area contributed by atoms with Crippen LogP contribution in [0, 0.1) is 0 Å². The van der Waals surface area contributed by atoms with Crippen molar-refractivity contribution in [1.29, 1.82) is 0 Å². The molecule has 0 fully saturated rings. The van der Waals surface area contributed by atoms with E-state index >= 15 is 0 Å². The van der Waals surface area contributed by atoms with Gasteiger partial charge in [0.15, 0.2) is 0 Å². The van der Waals surface area contributed by atoms with E-state index < -0.39 is 0 Å². The average Bonchev–Trinajstić information content (AvgIpc) is 2.83. The van der Waals surface area contributed by atoms with Crippen LogP contribution in [0.2, 0.25) is 0 Å². The molecule has 5 nitrogen and oxygen atoms in total. The number of fused-ring (bicyclic) bond motifs is 1. The molecule has 6 heteroatoms. The largest absolute Gasteiger partial charge is 0.308 e. The molecule has 3 N–H and O–H groups in total. The van der Waals surface area contributed by atoms with Gasteiger partial charge in [-0.15, -0.1) is 0 Å². The number of anilines is 1. The van der Waals surface area contributed by atoms with Gasteiger partial charge in [-0.3, -0.25) is 4.79 Å². The zero-order chi connectivity index (χ0) is 13.2. The van der Waals surface area contributed by atoms with Crippen LogP contribution in [0.4, 0.5) is 5.82 Å². The van der Waals surface area contributed by atoms with Crippen molar-refractivity contribution in [3.05, 3.63) is 57.1 Å². The summed E-state index contributed by atoms with van der Waals surface area (Å²) in [4.78, 5) is 16.1. The number of hydrogen-bond acceptors (Lipinski definition) is 5. The summed E-state index contributed by atoms with van der Waals surface area (Å²) in [6.45, 7) is 0.458. The lowest BCUT2D eigenvalue weighted by molar-refractivity contribution is 0.783. The highest BCUT2D eigenvalue weighted by molar-refractivity contribution is 7.07. The number of pyridine rings is 1. The van der Waals surface area contributed by atoms with E-state index in [1.165, 1.54) is 11.3 Å². The van der Waals surface area contributed by atoms with Crippen molar-refractivity contribution in [2.75, 3.05) is 5.43 Å². The van der Waals surface area contributed by atoms with E-state index in [4.69, 9.17) is 5.84 Å². The minimum Gasteiger partial charge on any atom is -0.308 e. The zero-order valence-electron chi connectivity index (χ0n) is 10.0. The van der Waals surface area contributed by atoms with Crippen LogP contribution in [0.1, 0.15) is 5.56 Å². The van der Waals surface area contributed by atoms with Crippen molar-refractivity contribution in [3.8, 4) is 0 Å². The van der Waals surface area contributed by atoms with Crippen LogP contribution in [-0.4, -0.2) is 9.55 Å². The fourth-order valence-electron chi connectivity index (χ4n) is 2.00. The van der Waals surface area contributed by atoms with Crippen molar-refractivity contribution < 1.29 is 0 Å². The van der Waals surface area contributed by atoms with Gasteiger partial charge in [0.1, 0.15) is 5.82 Å². The zero-order valence-corrected chi connectivity index (χ0v) is 10.9. The topological polar surface area (TPSA) is 72.9 Å². The molecular formula is C13H12N4OS. The van der Waals surface area contributed by atoms with Crippen LogP contribution in [-0.2, 0) is 6.54 Å². The third-order valence-corrected chi connectivity index (χ3v) is 3.62. The van der Waals surface area contributed by atoms with Gasteiger partial charge in [0.05, 0.1) is 12.1 Å². The Balaban J connectivity index is 2.11. The second-order valence-corrected chi connectivity index (χ2v) is 4.99. The summed E-state index contributed by atoms with van der Waals surface area (Å²) in [6.07, 6.45) is 1.77. The van der Waals surface area contributed by atoms with E-state index in [2.05, 4.69) is 10.4 Å². The summed E-state index contributed by atoms with van der Waals surface area (Å²) in [7, 11) is 0. The first-order valence-corrected chi connectivity index (χ1v) is 6.65. The Hall–Kier alpha value is -2.18. The maximum Gasteiger partial charge on any atom is 0.307 e. The number of para-hydroxylation sites is 1. The lowest BCUT2D eigenvalue weighted by atomic mass is 10.1. The van der Waals surface area contributed by atoms with Gasteiger partial charge in [0.25, 0.3) is 0 Å². The van der Waals surface area contributed by atoms with Gasteiger partial charge in [-0.05, 0) is 12.1 Å². The smallest absolute Gasteiger partial charge is 0.307 e. The number of nitrogens with zero attached hydrogens (tertiary/aromatic N) is 2. The quantitative estimate of drug-likeness (QED) is 0.563. The molecule has 96 valence electrons. The van der Waals surface area contributed by atoms with E-state index in [0.29, 0.717) is 12.4 Å². The Kier molecular flexibility index (Phi) is 3.02. The van der Waals surface area contributed by atoms with Crippen LogP contribution in [0.3, 0.4) is 0 Å². The van der Waals surface area contributed by atoms with Crippen LogP contribution in [0.5, 0.6) is 0 Å². The normalized spacial score (nSPS) is 10.8. The number of hydrogen-bond donors (Lipinski definition) is 2. The first kappa shape index (κ1) is 11.9. The molecule has 0 atom stereocenters. The molecule has 0 aliphatic heterocycles. The third kappa shape index (κ3) is 2.23. The molecule has 0 radical (unpaired) electrons. The number of rotatable bonds is 3. The Bertz CT molecular complexity index is 777. The number of nitrogens with one attached hydrogen (secondary N) is 1. The standard InChI is InChI=1S/C13H12N4OS/c14-16-12-10(8-17-5-6-19-13(17)18)7-9-3-1-2-4-11(9)15-12/h1-7H,8,14H2,(H,15,16). The lowest BCUT2D eigenvalue weighted by Crippen LogP contribution is -2.17. The number of hydrazine groups is 1. The van der Waals surface area contributed by atoms with Gasteiger partial charge in [0, 0.05) is 22.5 Å². The predicted octanol–water partition coefficient (Wildman–Crippen LogP) is 1.79. The van der Waals surface area contributed by atoms with Crippen molar-refractivity contribution in [2.24, 2.45) is 5.84 Å². The van der Waals surface area contributed by atoms with Crippen LogP contribution in [0.25, 0.3) is 10.9 Å². The molecule has 0 amide bonds. The van der Waals surface area contributed by atoms with Gasteiger partial charge in [0.2, 0.25) is 0 Å². The molecule has 0 bridgehead atoms. The molecule has 3 rings (SSSR count). The summed E-state index contributed by atoms with van der Waals surface area (Å²) in [5.74, 6) is 6.11. The molecule has 3 aromatic rings. The first-order chi connectivity index (χ1) is 9.28. The molecule has 0 spiro atoms. The second kappa shape index (κ2) is 4.83. The van der Waals surface area contributed by atoms with Crippen molar-refractivity contribution in [3.63, 3.8) is 0 Å². The second-order valence-electron chi connectivity index (χ2n) is 4.13. The maximum absolute atomic E-state index is 11.6. The molecule has 1 aromatic carbocycles. The summed E-state index contributed by atoms with van der Waals surface area (Å²) < 4.78 is 1.64. The van der Waals surface area contributed by atoms with Crippen molar-refractivity contribution in [2.45, 2.75) is 6.54 Å². The van der Waals surface area contributed by atoms with E-state index in [-0.39, 0.29) is 4.87 Å². The molecule has 2 aromatic heterocycles. The fraction of sp³-hybridized carbons (Fsp3) is 0.0769. The van der Waals surface area contributed by atoms with Crippen molar-refractivity contribution >= 4 is 28.1 Å². The lowest BCUT2D eigenvalue weighted by Gasteiger charge is -2.10. The Morgan fingerprint density at radius 1 is 1.37 bits per heavy atom. The van der Waals surface area contributed by atoms with Gasteiger partial charge in [-0.2, -0.15) is 0 Å². The highest BCUT2D eigenvalue weighted by Crippen LogP contribution is 2.20. The Morgan fingerprint density at radius 2 is 2.21 bits per heavy atom. The number of nitrogens with two attached hydrogens (primary N) is 1. The van der Waals surface area contributed by atoms with E-state index in [1.54, 1.807) is 16.1 Å². The summed E-state index contributed by atoms with van der Waals surface area (Å²) in [6, 6.07) is 9.81. The number of benzene rings is 1. The first-order valence-electron chi connectivity index (χ1n) is 5.77. The summed E-state index contributed by atoms with van der Waals surface area (Å²) in [5.41, 5.74) is 4.36. The third-order valence-electron chi connectivity index (χ3n) is 2.92. The van der Waals surface area contributed by atoms with Gasteiger partial charge < -0.3 is 9.99 Å². The molecule has 0 saturated carbocycles. The Morgan fingerprint density at radius 3 is 2.95 bits per heavy atom. The highest BCUT2D eigenvalue weighted by atomic mass is 32.1. The minimum atomic E-state index is 0.0103. The van der Waals surface area contributed by atoms with Crippen LogP contribution in [0.15, 0.2) is 46.7 Å². The molecule has 0 aliphatic rings. The average molecular weight is 272 g/mol. The number of nitrogen functional groups attached to an aromatic ring is 1. The molecule has 0 unspecified atom stereocenters. The van der Waals surface area contributed by atoms with Gasteiger partial charge in [-0.1, -0.05) is 29.5 Å². The molecule has 0 saturated heterocycles. The van der Waals surface area contributed by atoms with E-state index in [0.717, 1.165) is 16.5 Å². The monoisotopic (exact) mass is 272 g/mol. The van der Waals surface area contributed by atoms with Crippen molar-refractivity contribution in [1.82, 2.24) is 9.55 Å². The maximum atomic E-state index is 11.6. The molecule has 19 heavy (non-hydrogen) atoms. The molecular weight excluding hydrogens is 260 g/mol. The molecule has 0 aliphatic carbocycles. The SMILES string of the molecule is NNc1nc2ccccc2cc1Cn1ccsc1=O. The van der Waals surface area contributed by atoms with Crippen LogP contribution >= 0.6 is 11.3 Å². The van der Waals surface area contributed by atoms with Gasteiger partial charge >= 0.3 is 4.87 Å². The number of thiazole rings is 1. The van der Waals surface area contributed by atoms with Crippen LogP contribution < -0.4 is 16.1 Å². The van der Waals surface area contributed by atoms with Gasteiger partial charge in [-0.25, -0.2) is 10.8 Å². The van der Waals surface area contributed by atoms with E-state index in [1.807, 2.05) is 30.3 Å². The number of aromatic nitrogens is 2. The predicted molar refractivity (Wildman–Crippen MR) is 77.2 cm³/mol. The van der Waals surface area contributed by atoms with E-state index in [9.17, 15) is 4.79 Å². The fourth-order valence-corrected chi connectivity index (χ4v) is 2.58. The minimum absolute atomic E-state index is 0.0103. The summed E-state index contributed by atoms with van der Waals surface area (Å²) >= 11 is 1.18. The summed E-state index contributed by atoms with van der Waals surface area (Å²) in [5, 5.41) is 2.80.